The number of anilines is 1. The van der Waals surface area contributed by atoms with Crippen molar-refractivity contribution in [1.82, 2.24) is 10.2 Å². The third-order valence-corrected chi connectivity index (χ3v) is 6.45. The highest BCUT2D eigenvalue weighted by atomic mass is 79.9. The van der Waals surface area contributed by atoms with Crippen LogP contribution in [0.2, 0.25) is 0 Å². The van der Waals surface area contributed by atoms with Crippen LogP contribution in [0.1, 0.15) is 49.7 Å². The van der Waals surface area contributed by atoms with Crippen molar-refractivity contribution in [2.45, 2.75) is 57.4 Å². The van der Waals surface area contributed by atoms with E-state index < -0.39 is 5.54 Å². The zero-order chi connectivity index (χ0) is 19.2. The molecule has 7 heteroatoms. The number of urea groups is 1. The van der Waals surface area contributed by atoms with Crippen molar-refractivity contribution in [3.8, 4) is 0 Å². The molecule has 2 heterocycles. The second kappa shape index (κ2) is 6.93. The molecule has 0 aromatic heterocycles. The number of carbonyl (C=O) groups excluding carboxylic acids is 3. The van der Waals surface area contributed by atoms with E-state index in [9.17, 15) is 14.4 Å². The first-order valence-electron chi connectivity index (χ1n) is 9.65. The van der Waals surface area contributed by atoms with E-state index in [-0.39, 0.29) is 30.8 Å². The van der Waals surface area contributed by atoms with Gasteiger partial charge in [-0.25, -0.2) is 4.79 Å². The number of carbonyl (C=O) groups is 3. The number of fused-ring (bicyclic) bond motifs is 1. The normalized spacial score (nSPS) is 21.0. The van der Waals surface area contributed by atoms with Crippen molar-refractivity contribution in [2.75, 3.05) is 18.0 Å². The third kappa shape index (κ3) is 3.16. The number of hydrogen-bond donors (Lipinski definition) is 1. The summed E-state index contributed by atoms with van der Waals surface area (Å²) in [6.07, 6.45) is 5.35. The van der Waals surface area contributed by atoms with Crippen LogP contribution in [-0.2, 0) is 16.0 Å². The van der Waals surface area contributed by atoms with Gasteiger partial charge in [-0.15, -0.1) is 0 Å². The lowest BCUT2D eigenvalue weighted by Gasteiger charge is -2.31. The van der Waals surface area contributed by atoms with E-state index in [2.05, 4.69) is 27.3 Å². The fourth-order valence-corrected chi connectivity index (χ4v) is 5.33. The maximum absolute atomic E-state index is 12.9. The molecule has 0 unspecified atom stereocenters. The molecule has 2 aliphatic heterocycles. The Hall–Kier alpha value is -1.89. The molecule has 2 fully saturated rings. The second-order valence-electron chi connectivity index (χ2n) is 7.81. The second-order valence-corrected chi connectivity index (χ2v) is 8.72. The van der Waals surface area contributed by atoms with Crippen molar-refractivity contribution >= 4 is 39.5 Å². The first-order valence-corrected chi connectivity index (χ1v) is 10.4. The fourth-order valence-electron chi connectivity index (χ4n) is 4.71. The van der Waals surface area contributed by atoms with Crippen LogP contribution in [0.3, 0.4) is 0 Å². The van der Waals surface area contributed by atoms with E-state index >= 15 is 0 Å². The number of halogens is 1. The van der Waals surface area contributed by atoms with Gasteiger partial charge in [-0.3, -0.25) is 14.5 Å². The summed E-state index contributed by atoms with van der Waals surface area (Å²) in [6, 6.07) is 3.74. The van der Waals surface area contributed by atoms with E-state index in [1.165, 1.54) is 10.5 Å². The van der Waals surface area contributed by atoms with Crippen LogP contribution in [0.5, 0.6) is 0 Å². The summed E-state index contributed by atoms with van der Waals surface area (Å²) in [5.74, 6) is -0.189. The summed E-state index contributed by atoms with van der Waals surface area (Å²) in [7, 11) is 0. The van der Waals surface area contributed by atoms with Gasteiger partial charge in [-0.1, -0.05) is 28.8 Å². The molecule has 0 atom stereocenters. The predicted molar refractivity (Wildman–Crippen MR) is 106 cm³/mol. The van der Waals surface area contributed by atoms with E-state index in [1.54, 1.807) is 0 Å². The van der Waals surface area contributed by atoms with Crippen molar-refractivity contribution in [2.24, 2.45) is 0 Å². The van der Waals surface area contributed by atoms with Crippen molar-refractivity contribution < 1.29 is 14.4 Å². The maximum Gasteiger partial charge on any atom is 0.325 e. The number of rotatable bonds is 3. The Bertz CT molecular complexity index is 817. The topological polar surface area (TPSA) is 69.7 Å². The summed E-state index contributed by atoms with van der Waals surface area (Å²) < 4.78 is 1.02. The van der Waals surface area contributed by atoms with E-state index in [1.807, 2.05) is 17.9 Å². The summed E-state index contributed by atoms with van der Waals surface area (Å²) in [4.78, 5) is 41.0. The first kappa shape index (κ1) is 18.5. The average molecular weight is 434 g/mol. The Morgan fingerprint density at radius 2 is 1.96 bits per heavy atom. The highest BCUT2D eigenvalue weighted by Crippen LogP contribution is 2.36. The number of benzene rings is 1. The van der Waals surface area contributed by atoms with Gasteiger partial charge in [0.2, 0.25) is 5.91 Å². The molecule has 1 aliphatic carbocycles. The minimum Gasteiger partial charge on any atom is -0.323 e. The lowest BCUT2D eigenvalue weighted by atomic mass is 9.97. The molecule has 0 bridgehead atoms. The Balaban J connectivity index is 1.47. The van der Waals surface area contributed by atoms with Gasteiger partial charge in [0.25, 0.3) is 5.91 Å². The standard InChI is InChI=1S/C20H24BrN3O3/c1-13-11-15(21)12-14-5-4-9-23(17(13)14)16(25)6-10-24-18(26)20(22-19(24)27)7-2-3-8-20/h11-12H,2-10H2,1H3,(H,22,27). The molecular formula is C20H24BrN3O3. The summed E-state index contributed by atoms with van der Waals surface area (Å²) in [5.41, 5.74) is 2.51. The number of hydrogen-bond acceptors (Lipinski definition) is 3. The molecule has 0 radical (unpaired) electrons. The molecule has 1 N–H and O–H groups in total. The largest absolute Gasteiger partial charge is 0.325 e. The van der Waals surface area contributed by atoms with Crippen molar-refractivity contribution in [1.29, 1.82) is 0 Å². The molecule has 144 valence electrons. The van der Waals surface area contributed by atoms with Crippen LogP contribution in [0.4, 0.5) is 10.5 Å². The van der Waals surface area contributed by atoms with Gasteiger partial charge in [-0.05, 0) is 55.9 Å². The summed E-state index contributed by atoms with van der Waals surface area (Å²) >= 11 is 3.52. The van der Waals surface area contributed by atoms with Crippen LogP contribution < -0.4 is 10.2 Å². The van der Waals surface area contributed by atoms with Crippen molar-refractivity contribution in [3.63, 3.8) is 0 Å². The minimum atomic E-state index is -0.708. The number of nitrogens with one attached hydrogen (secondary N) is 1. The molecule has 1 spiro atoms. The number of nitrogens with zero attached hydrogens (tertiary/aromatic N) is 2. The van der Waals surface area contributed by atoms with Crippen LogP contribution >= 0.6 is 15.9 Å². The number of imide groups is 1. The Morgan fingerprint density at radius 1 is 1.22 bits per heavy atom. The molecule has 1 aromatic carbocycles. The van der Waals surface area contributed by atoms with E-state index in [0.717, 1.165) is 41.4 Å². The Kier molecular flexibility index (Phi) is 4.74. The SMILES string of the molecule is Cc1cc(Br)cc2c1N(C(=O)CCN1C(=O)NC3(CCCC3)C1=O)CCC2. The van der Waals surface area contributed by atoms with Crippen LogP contribution in [0.25, 0.3) is 0 Å². The highest BCUT2D eigenvalue weighted by Gasteiger charge is 2.52. The molecule has 4 amide bonds. The smallest absolute Gasteiger partial charge is 0.323 e. The molecule has 4 rings (SSSR count). The van der Waals surface area contributed by atoms with Gasteiger partial charge in [0.1, 0.15) is 5.54 Å². The van der Waals surface area contributed by atoms with Gasteiger partial charge in [0.05, 0.1) is 0 Å². The van der Waals surface area contributed by atoms with Gasteiger partial charge >= 0.3 is 6.03 Å². The lowest BCUT2D eigenvalue weighted by Crippen LogP contribution is -2.44. The van der Waals surface area contributed by atoms with Gasteiger partial charge in [0.15, 0.2) is 0 Å². The number of amides is 4. The Morgan fingerprint density at radius 3 is 2.70 bits per heavy atom. The molecular weight excluding hydrogens is 410 g/mol. The maximum atomic E-state index is 12.9. The fraction of sp³-hybridized carbons (Fsp3) is 0.550. The first-order chi connectivity index (χ1) is 12.9. The van der Waals surface area contributed by atoms with Crippen LogP contribution in [-0.4, -0.2) is 41.4 Å². The predicted octanol–water partition coefficient (Wildman–Crippen LogP) is 3.29. The molecule has 27 heavy (non-hydrogen) atoms. The summed E-state index contributed by atoms with van der Waals surface area (Å²) in [5, 5.41) is 2.87. The average Bonchev–Trinajstić information content (AvgIpc) is 3.18. The molecule has 1 saturated heterocycles. The molecule has 6 nitrogen and oxygen atoms in total. The van der Waals surface area contributed by atoms with E-state index in [0.29, 0.717) is 19.4 Å². The minimum absolute atomic E-state index is 0.0330. The number of aryl methyl sites for hydroxylation is 2. The van der Waals surface area contributed by atoms with Gasteiger partial charge in [0, 0.05) is 29.7 Å². The zero-order valence-electron chi connectivity index (χ0n) is 15.5. The monoisotopic (exact) mass is 433 g/mol. The zero-order valence-corrected chi connectivity index (χ0v) is 17.1. The molecule has 1 aromatic rings. The Labute approximate surface area is 167 Å². The highest BCUT2D eigenvalue weighted by molar-refractivity contribution is 9.10. The third-order valence-electron chi connectivity index (χ3n) is 6.00. The van der Waals surface area contributed by atoms with E-state index in [4.69, 9.17) is 0 Å². The van der Waals surface area contributed by atoms with Crippen LogP contribution in [0.15, 0.2) is 16.6 Å². The van der Waals surface area contributed by atoms with Crippen molar-refractivity contribution in [3.05, 3.63) is 27.7 Å². The molecule has 1 saturated carbocycles. The van der Waals surface area contributed by atoms with Gasteiger partial charge < -0.3 is 10.2 Å². The van der Waals surface area contributed by atoms with Crippen LogP contribution in [0, 0.1) is 6.92 Å². The summed E-state index contributed by atoms with van der Waals surface area (Å²) in [6.45, 7) is 2.83. The lowest BCUT2D eigenvalue weighted by molar-refractivity contribution is -0.131. The quantitative estimate of drug-likeness (QED) is 0.743. The van der Waals surface area contributed by atoms with Gasteiger partial charge in [-0.2, -0.15) is 0 Å². The molecule has 3 aliphatic rings.